The molecule has 6 heteroatoms. The quantitative estimate of drug-likeness (QED) is 0.828. The van der Waals surface area contributed by atoms with E-state index in [0.717, 1.165) is 6.42 Å². The Morgan fingerprint density at radius 3 is 2.63 bits per heavy atom. The highest BCUT2D eigenvalue weighted by Crippen LogP contribution is 2.34. The normalized spacial score (nSPS) is 32.2. The summed E-state index contributed by atoms with van der Waals surface area (Å²) in [7, 11) is -3.09. The second kappa shape index (κ2) is 4.86. The topological polar surface area (TPSA) is 61.4 Å². The summed E-state index contributed by atoms with van der Waals surface area (Å²) in [6.07, 6.45) is 2.15. The van der Waals surface area contributed by atoms with E-state index >= 15 is 0 Å². The highest BCUT2D eigenvalue weighted by Gasteiger charge is 2.42. The Balaban J connectivity index is 1.83. The summed E-state index contributed by atoms with van der Waals surface area (Å²) < 4.78 is 25.0. The molecule has 0 radical (unpaired) electrons. The Labute approximate surface area is 114 Å². The van der Waals surface area contributed by atoms with E-state index in [1.807, 2.05) is 18.2 Å². The Hall–Kier alpha value is -0.950. The van der Waals surface area contributed by atoms with Gasteiger partial charge in [-0.05, 0) is 12.0 Å². The molecule has 104 valence electrons. The molecule has 2 saturated heterocycles. The number of fused-ring (bicyclic) bond motifs is 1. The fourth-order valence-electron chi connectivity index (χ4n) is 3.06. The summed E-state index contributed by atoms with van der Waals surface area (Å²) in [5, 5.41) is 0. The molecule has 2 fully saturated rings. The number of hydrogen-bond acceptors (Lipinski definition) is 4. The molecule has 0 spiro atoms. The lowest BCUT2D eigenvalue weighted by atomic mass is 9.86. The van der Waals surface area contributed by atoms with Crippen LogP contribution in [-0.4, -0.2) is 38.1 Å². The van der Waals surface area contributed by atoms with Crippen LogP contribution in [0.4, 0.5) is 0 Å². The number of piperidine rings is 1. The van der Waals surface area contributed by atoms with E-state index in [2.05, 4.69) is 23.0 Å². The van der Waals surface area contributed by atoms with Crippen molar-refractivity contribution in [2.45, 2.75) is 18.5 Å². The lowest BCUT2D eigenvalue weighted by molar-refractivity contribution is 0.236. The molecule has 0 saturated carbocycles. The van der Waals surface area contributed by atoms with Crippen molar-refractivity contribution in [1.29, 1.82) is 0 Å². The van der Waals surface area contributed by atoms with Crippen LogP contribution in [0.3, 0.4) is 0 Å². The third-order valence-corrected chi connectivity index (χ3v) is 5.37. The van der Waals surface area contributed by atoms with E-state index in [4.69, 9.17) is 0 Å². The second-order valence-electron chi connectivity index (χ2n) is 5.36. The third kappa shape index (κ3) is 2.53. The van der Waals surface area contributed by atoms with E-state index < -0.39 is 10.0 Å². The third-order valence-electron chi connectivity index (χ3n) is 4.10. The van der Waals surface area contributed by atoms with Gasteiger partial charge in [0.05, 0.1) is 12.3 Å². The van der Waals surface area contributed by atoms with Gasteiger partial charge in [0.15, 0.2) is 0 Å². The van der Waals surface area contributed by atoms with E-state index in [-0.39, 0.29) is 12.0 Å². The summed E-state index contributed by atoms with van der Waals surface area (Å²) in [6.45, 7) is 1.19. The van der Waals surface area contributed by atoms with Crippen molar-refractivity contribution < 1.29 is 8.42 Å². The SMILES string of the molecule is CS(=O)(=O)N1CCC2NNC(c3ccccc3)C2C1. The molecule has 2 heterocycles. The number of hydrazine groups is 1. The first kappa shape index (κ1) is 13.1. The summed E-state index contributed by atoms with van der Waals surface area (Å²) >= 11 is 0. The minimum atomic E-state index is -3.09. The van der Waals surface area contributed by atoms with Crippen molar-refractivity contribution in [2.75, 3.05) is 19.3 Å². The molecule has 2 aliphatic heterocycles. The summed E-state index contributed by atoms with van der Waals surface area (Å²) in [5.74, 6) is 0.283. The molecule has 5 nitrogen and oxygen atoms in total. The molecule has 2 N–H and O–H groups in total. The Bertz CT molecular complexity index is 546. The van der Waals surface area contributed by atoms with Crippen LogP contribution in [0, 0.1) is 5.92 Å². The standard InChI is InChI=1S/C13H19N3O2S/c1-19(17,18)16-8-7-12-11(9-16)13(15-14-12)10-5-3-2-4-6-10/h2-6,11-15H,7-9H2,1H3. The summed E-state index contributed by atoms with van der Waals surface area (Å²) in [4.78, 5) is 0. The Kier molecular flexibility index (Phi) is 3.34. The number of hydrogen-bond donors (Lipinski definition) is 2. The molecule has 1 aromatic rings. The van der Waals surface area contributed by atoms with Gasteiger partial charge in [-0.3, -0.25) is 5.43 Å². The maximum atomic E-state index is 11.7. The lowest BCUT2D eigenvalue weighted by Gasteiger charge is -2.34. The molecule has 0 amide bonds. The predicted octanol–water partition coefficient (Wildman–Crippen LogP) is 0.486. The molecule has 3 unspecified atom stereocenters. The van der Waals surface area contributed by atoms with Crippen LogP contribution in [-0.2, 0) is 10.0 Å². The molecule has 3 atom stereocenters. The maximum Gasteiger partial charge on any atom is 0.211 e. The molecule has 0 aliphatic carbocycles. The number of nitrogens with zero attached hydrogens (tertiary/aromatic N) is 1. The van der Waals surface area contributed by atoms with Crippen molar-refractivity contribution in [3.8, 4) is 0 Å². The van der Waals surface area contributed by atoms with Gasteiger partial charge in [-0.15, -0.1) is 0 Å². The average Bonchev–Trinajstić information content (AvgIpc) is 2.81. The van der Waals surface area contributed by atoms with Crippen molar-refractivity contribution >= 4 is 10.0 Å². The first-order chi connectivity index (χ1) is 9.05. The van der Waals surface area contributed by atoms with Gasteiger partial charge in [-0.2, -0.15) is 0 Å². The lowest BCUT2D eigenvalue weighted by Crippen LogP contribution is -2.47. The van der Waals surface area contributed by atoms with Gasteiger partial charge in [0.25, 0.3) is 0 Å². The van der Waals surface area contributed by atoms with Crippen LogP contribution >= 0.6 is 0 Å². The number of nitrogens with one attached hydrogen (secondary N) is 2. The van der Waals surface area contributed by atoms with Gasteiger partial charge >= 0.3 is 0 Å². The van der Waals surface area contributed by atoms with Crippen LogP contribution in [0.25, 0.3) is 0 Å². The highest BCUT2D eigenvalue weighted by molar-refractivity contribution is 7.88. The van der Waals surface area contributed by atoms with E-state index in [1.165, 1.54) is 11.8 Å². The minimum absolute atomic E-state index is 0.177. The fraction of sp³-hybridized carbons (Fsp3) is 0.538. The van der Waals surface area contributed by atoms with Gasteiger partial charge in [0.2, 0.25) is 10.0 Å². The predicted molar refractivity (Wildman–Crippen MR) is 73.8 cm³/mol. The molecular weight excluding hydrogens is 262 g/mol. The minimum Gasteiger partial charge on any atom is -0.254 e. The van der Waals surface area contributed by atoms with Gasteiger partial charge < -0.3 is 0 Å². The molecule has 0 aromatic heterocycles. The van der Waals surface area contributed by atoms with Crippen LogP contribution in [0.5, 0.6) is 0 Å². The molecule has 3 rings (SSSR count). The maximum absolute atomic E-state index is 11.7. The first-order valence-corrected chi connectivity index (χ1v) is 8.41. The fourth-order valence-corrected chi connectivity index (χ4v) is 3.94. The monoisotopic (exact) mass is 281 g/mol. The van der Waals surface area contributed by atoms with Crippen molar-refractivity contribution in [1.82, 2.24) is 15.2 Å². The molecule has 2 aliphatic rings. The Morgan fingerprint density at radius 2 is 1.95 bits per heavy atom. The van der Waals surface area contributed by atoms with Gasteiger partial charge in [0, 0.05) is 25.0 Å². The number of rotatable bonds is 2. The molecule has 1 aromatic carbocycles. The zero-order valence-corrected chi connectivity index (χ0v) is 11.7. The molecule has 0 bridgehead atoms. The first-order valence-electron chi connectivity index (χ1n) is 6.57. The average molecular weight is 281 g/mol. The van der Waals surface area contributed by atoms with E-state index in [0.29, 0.717) is 19.1 Å². The summed E-state index contributed by atoms with van der Waals surface area (Å²) in [5.41, 5.74) is 7.83. The second-order valence-corrected chi connectivity index (χ2v) is 7.34. The number of benzene rings is 1. The zero-order chi connectivity index (χ0) is 13.5. The zero-order valence-electron chi connectivity index (χ0n) is 10.9. The largest absolute Gasteiger partial charge is 0.254 e. The highest BCUT2D eigenvalue weighted by atomic mass is 32.2. The molecule has 19 heavy (non-hydrogen) atoms. The summed E-state index contributed by atoms with van der Waals surface area (Å²) in [6, 6.07) is 10.7. The van der Waals surface area contributed by atoms with Gasteiger partial charge in [-0.25, -0.2) is 18.1 Å². The smallest absolute Gasteiger partial charge is 0.211 e. The van der Waals surface area contributed by atoms with E-state index in [9.17, 15) is 8.42 Å². The molecular formula is C13H19N3O2S. The van der Waals surface area contributed by atoms with Crippen LogP contribution in [0.1, 0.15) is 18.0 Å². The van der Waals surface area contributed by atoms with Crippen molar-refractivity contribution in [2.24, 2.45) is 5.92 Å². The van der Waals surface area contributed by atoms with Crippen molar-refractivity contribution in [3.05, 3.63) is 35.9 Å². The van der Waals surface area contributed by atoms with Crippen LogP contribution in [0.2, 0.25) is 0 Å². The number of sulfonamides is 1. The van der Waals surface area contributed by atoms with Crippen LogP contribution < -0.4 is 10.9 Å². The van der Waals surface area contributed by atoms with Gasteiger partial charge in [-0.1, -0.05) is 30.3 Å². The van der Waals surface area contributed by atoms with Gasteiger partial charge in [0.1, 0.15) is 0 Å². The van der Waals surface area contributed by atoms with Crippen LogP contribution in [0.15, 0.2) is 30.3 Å². The van der Waals surface area contributed by atoms with Crippen molar-refractivity contribution in [3.63, 3.8) is 0 Å². The Morgan fingerprint density at radius 1 is 1.21 bits per heavy atom. The van der Waals surface area contributed by atoms with E-state index in [1.54, 1.807) is 4.31 Å².